The van der Waals surface area contributed by atoms with Crippen molar-refractivity contribution in [3.63, 3.8) is 0 Å². The van der Waals surface area contributed by atoms with E-state index in [2.05, 4.69) is 15.6 Å². The lowest BCUT2D eigenvalue weighted by atomic mass is 9.64. The number of ether oxygens (including phenoxy) is 1. The summed E-state index contributed by atoms with van der Waals surface area (Å²) >= 11 is 0. The monoisotopic (exact) mass is 449 g/mol. The SMILES string of the molecule is CCNC(=NCC1(c2cccc(C(F)(F)F)c2)CCC1)NCCOCCS(C)(=O)=O. The van der Waals surface area contributed by atoms with Crippen LogP contribution in [0, 0.1) is 0 Å². The molecule has 1 fully saturated rings. The van der Waals surface area contributed by atoms with E-state index in [4.69, 9.17) is 4.74 Å². The number of nitrogens with zero attached hydrogens (tertiary/aromatic N) is 1. The molecule has 0 spiro atoms. The highest BCUT2D eigenvalue weighted by molar-refractivity contribution is 7.90. The first-order valence-electron chi connectivity index (χ1n) is 10.0. The van der Waals surface area contributed by atoms with Gasteiger partial charge in [0.2, 0.25) is 0 Å². The van der Waals surface area contributed by atoms with Gasteiger partial charge in [-0.25, -0.2) is 8.42 Å². The first kappa shape index (κ1) is 24.5. The Morgan fingerprint density at radius 3 is 2.53 bits per heavy atom. The number of rotatable bonds is 10. The van der Waals surface area contributed by atoms with Crippen molar-refractivity contribution in [3.8, 4) is 0 Å². The molecule has 0 aromatic heterocycles. The minimum absolute atomic E-state index is 0.0271. The summed E-state index contributed by atoms with van der Waals surface area (Å²) in [5.41, 5.74) is -0.339. The van der Waals surface area contributed by atoms with E-state index >= 15 is 0 Å². The van der Waals surface area contributed by atoms with Crippen molar-refractivity contribution in [2.75, 3.05) is 44.9 Å². The summed E-state index contributed by atoms with van der Waals surface area (Å²) in [6.07, 6.45) is -0.648. The van der Waals surface area contributed by atoms with Crippen LogP contribution in [0.25, 0.3) is 0 Å². The second-order valence-corrected chi connectivity index (χ2v) is 9.84. The van der Waals surface area contributed by atoms with Crippen LogP contribution in [-0.4, -0.2) is 59.2 Å². The van der Waals surface area contributed by atoms with E-state index in [1.54, 1.807) is 6.07 Å². The number of hydrogen-bond acceptors (Lipinski definition) is 4. The third kappa shape index (κ3) is 7.46. The van der Waals surface area contributed by atoms with Gasteiger partial charge in [0.1, 0.15) is 9.84 Å². The molecule has 170 valence electrons. The van der Waals surface area contributed by atoms with Gasteiger partial charge in [-0.3, -0.25) is 4.99 Å². The zero-order chi connectivity index (χ0) is 22.3. The molecule has 0 amide bonds. The molecule has 1 aliphatic rings. The molecule has 0 atom stereocenters. The lowest BCUT2D eigenvalue weighted by molar-refractivity contribution is -0.137. The summed E-state index contributed by atoms with van der Waals surface area (Å²) in [5.74, 6) is 0.531. The number of nitrogens with one attached hydrogen (secondary N) is 2. The Morgan fingerprint density at radius 1 is 1.23 bits per heavy atom. The fraction of sp³-hybridized carbons (Fsp3) is 0.650. The molecule has 1 aliphatic carbocycles. The van der Waals surface area contributed by atoms with E-state index in [0.29, 0.717) is 37.8 Å². The van der Waals surface area contributed by atoms with Gasteiger partial charge in [0.25, 0.3) is 0 Å². The Balaban J connectivity index is 1.96. The maximum Gasteiger partial charge on any atom is 0.416 e. The molecular formula is C20H30F3N3O3S. The van der Waals surface area contributed by atoms with Gasteiger partial charge in [-0.1, -0.05) is 24.6 Å². The van der Waals surface area contributed by atoms with E-state index in [9.17, 15) is 21.6 Å². The molecule has 2 N–H and O–H groups in total. The average molecular weight is 450 g/mol. The number of guanidine groups is 1. The molecule has 0 saturated heterocycles. The van der Waals surface area contributed by atoms with E-state index < -0.39 is 21.6 Å². The largest absolute Gasteiger partial charge is 0.416 e. The fourth-order valence-corrected chi connectivity index (χ4v) is 3.71. The molecule has 0 heterocycles. The van der Waals surface area contributed by atoms with Crippen LogP contribution >= 0.6 is 0 Å². The maximum absolute atomic E-state index is 13.1. The van der Waals surface area contributed by atoms with Crippen molar-refractivity contribution in [1.82, 2.24) is 10.6 Å². The minimum atomic E-state index is -4.36. The molecule has 0 bridgehead atoms. The Hall–Kier alpha value is -1.81. The predicted octanol–water partition coefficient (Wildman–Crippen LogP) is 2.74. The number of halogens is 3. The van der Waals surface area contributed by atoms with Gasteiger partial charge >= 0.3 is 6.18 Å². The summed E-state index contributed by atoms with van der Waals surface area (Å²) in [6, 6.07) is 5.54. The van der Waals surface area contributed by atoms with E-state index in [0.717, 1.165) is 31.6 Å². The molecule has 1 aromatic rings. The van der Waals surface area contributed by atoms with Crippen LogP contribution in [-0.2, 0) is 26.2 Å². The van der Waals surface area contributed by atoms with Gasteiger partial charge in [-0.2, -0.15) is 13.2 Å². The molecule has 0 aliphatic heterocycles. The molecule has 1 saturated carbocycles. The fourth-order valence-electron chi connectivity index (χ4n) is 3.29. The molecule has 0 unspecified atom stereocenters. The van der Waals surface area contributed by atoms with Crippen LogP contribution in [0.3, 0.4) is 0 Å². The number of hydrogen-bond donors (Lipinski definition) is 2. The van der Waals surface area contributed by atoms with E-state index in [-0.39, 0.29) is 17.8 Å². The van der Waals surface area contributed by atoms with Crippen LogP contribution in [0.1, 0.15) is 37.3 Å². The average Bonchev–Trinajstić information content (AvgIpc) is 2.62. The molecular weight excluding hydrogens is 419 g/mol. The van der Waals surface area contributed by atoms with Crippen LogP contribution in [0.5, 0.6) is 0 Å². The van der Waals surface area contributed by atoms with Gasteiger partial charge in [-0.15, -0.1) is 0 Å². The molecule has 10 heteroatoms. The summed E-state index contributed by atoms with van der Waals surface area (Å²) in [5, 5.41) is 6.22. The van der Waals surface area contributed by atoms with Crippen molar-refractivity contribution < 1.29 is 26.3 Å². The summed E-state index contributed by atoms with van der Waals surface area (Å²) in [6.45, 7) is 3.83. The first-order chi connectivity index (χ1) is 14.1. The summed E-state index contributed by atoms with van der Waals surface area (Å²) < 4.78 is 66.7. The maximum atomic E-state index is 13.1. The highest BCUT2D eigenvalue weighted by atomic mass is 32.2. The second-order valence-electron chi connectivity index (χ2n) is 7.58. The number of sulfone groups is 1. The van der Waals surface area contributed by atoms with Crippen molar-refractivity contribution in [2.24, 2.45) is 4.99 Å². The third-order valence-corrected chi connectivity index (χ3v) is 6.04. The first-order valence-corrected chi connectivity index (χ1v) is 12.1. The molecule has 2 rings (SSSR count). The van der Waals surface area contributed by atoms with Crippen molar-refractivity contribution in [2.45, 2.75) is 37.8 Å². The van der Waals surface area contributed by atoms with Gasteiger partial charge < -0.3 is 15.4 Å². The lowest BCUT2D eigenvalue weighted by Gasteiger charge is -2.41. The van der Waals surface area contributed by atoms with Gasteiger partial charge in [0, 0.05) is 24.8 Å². The summed E-state index contributed by atoms with van der Waals surface area (Å²) in [4.78, 5) is 4.59. The van der Waals surface area contributed by atoms with Gasteiger partial charge in [0.05, 0.1) is 31.1 Å². The zero-order valence-electron chi connectivity index (χ0n) is 17.4. The smallest absolute Gasteiger partial charge is 0.379 e. The predicted molar refractivity (Wildman–Crippen MR) is 111 cm³/mol. The van der Waals surface area contributed by atoms with Crippen LogP contribution in [0.2, 0.25) is 0 Å². The van der Waals surface area contributed by atoms with E-state index in [1.807, 2.05) is 6.92 Å². The van der Waals surface area contributed by atoms with Crippen molar-refractivity contribution >= 4 is 15.8 Å². The summed E-state index contributed by atoms with van der Waals surface area (Å²) in [7, 11) is -3.05. The molecule has 30 heavy (non-hydrogen) atoms. The standard InChI is InChI=1S/C20H30F3N3O3S/c1-3-24-18(25-10-11-29-12-13-30(2,27)28)26-15-19(8-5-9-19)16-6-4-7-17(14-16)20(21,22)23/h4,6-7,14H,3,5,8-13,15H2,1-2H3,(H2,24,25,26). The zero-order valence-corrected chi connectivity index (χ0v) is 18.2. The normalized spacial score (nSPS) is 16.8. The van der Waals surface area contributed by atoms with Crippen LogP contribution in [0.4, 0.5) is 13.2 Å². The van der Waals surface area contributed by atoms with Crippen LogP contribution < -0.4 is 10.6 Å². The van der Waals surface area contributed by atoms with Crippen molar-refractivity contribution in [1.29, 1.82) is 0 Å². The van der Waals surface area contributed by atoms with Gasteiger partial charge in [-0.05, 0) is 31.4 Å². The lowest BCUT2D eigenvalue weighted by Crippen LogP contribution is -2.42. The Kier molecular flexibility index (Phi) is 8.54. The van der Waals surface area contributed by atoms with Crippen molar-refractivity contribution in [3.05, 3.63) is 35.4 Å². The quantitative estimate of drug-likeness (QED) is 0.326. The van der Waals surface area contributed by atoms with Crippen LogP contribution in [0.15, 0.2) is 29.3 Å². The highest BCUT2D eigenvalue weighted by Gasteiger charge is 2.40. The number of benzene rings is 1. The topological polar surface area (TPSA) is 79.8 Å². The third-order valence-electron chi connectivity index (χ3n) is 5.13. The molecule has 1 aromatic carbocycles. The molecule has 6 nitrogen and oxygen atoms in total. The number of aliphatic imine (C=N–C) groups is 1. The van der Waals surface area contributed by atoms with E-state index in [1.165, 1.54) is 12.1 Å². The highest BCUT2D eigenvalue weighted by Crippen LogP contribution is 2.45. The molecule has 0 radical (unpaired) electrons. The number of alkyl halides is 3. The Morgan fingerprint density at radius 2 is 1.97 bits per heavy atom. The second kappa shape index (κ2) is 10.5. The van der Waals surface area contributed by atoms with Gasteiger partial charge in [0.15, 0.2) is 5.96 Å². The minimum Gasteiger partial charge on any atom is -0.379 e. The Bertz CT molecular complexity index is 822. The Labute approximate surface area is 176 Å².